The van der Waals surface area contributed by atoms with Crippen molar-refractivity contribution in [1.82, 2.24) is 14.8 Å². The summed E-state index contributed by atoms with van der Waals surface area (Å²) >= 11 is 7.16. The Kier molecular flexibility index (Phi) is 3.90. The van der Waals surface area contributed by atoms with Gasteiger partial charge in [-0.3, -0.25) is 4.72 Å². The van der Waals surface area contributed by atoms with Crippen molar-refractivity contribution in [3.05, 3.63) is 52.6 Å². The van der Waals surface area contributed by atoms with Gasteiger partial charge in [0, 0.05) is 16.5 Å². The lowest BCUT2D eigenvalue weighted by molar-refractivity contribution is 0.600. The zero-order valence-corrected chi connectivity index (χ0v) is 13.8. The third-order valence-electron chi connectivity index (χ3n) is 2.79. The van der Waals surface area contributed by atoms with Crippen LogP contribution in [0.3, 0.4) is 0 Å². The van der Waals surface area contributed by atoms with E-state index in [2.05, 4.69) is 14.8 Å². The van der Waals surface area contributed by atoms with E-state index in [0.717, 1.165) is 5.69 Å². The third-order valence-corrected chi connectivity index (χ3v) is 5.35. The van der Waals surface area contributed by atoms with E-state index in [4.69, 9.17) is 11.6 Å². The number of nitrogens with one attached hydrogen (secondary N) is 1. The van der Waals surface area contributed by atoms with Crippen molar-refractivity contribution in [3.8, 4) is 5.13 Å². The number of halogens is 1. The van der Waals surface area contributed by atoms with Gasteiger partial charge in [0.05, 0.1) is 16.8 Å². The number of thiazole rings is 1. The number of nitrogens with zero attached hydrogens (tertiary/aromatic N) is 3. The maximum Gasteiger partial charge on any atom is 0.263 e. The van der Waals surface area contributed by atoms with E-state index in [1.54, 1.807) is 6.07 Å². The Morgan fingerprint density at radius 2 is 1.95 bits per heavy atom. The van der Waals surface area contributed by atoms with Crippen molar-refractivity contribution in [2.75, 3.05) is 4.72 Å². The second-order valence-electron chi connectivity index (χ2n) is 4.46. The molecule has 0 aliphatic rings. The number of hydrogen-bond donors (Lipinski definition) is 1. The highest BCUT2D eigenvalue weighted by molar-refractivity contribution is 7.92. The van der Waals surface area contributed by atoms with Gasteiger partial charge >= 0.3 is 0 Å². The number of hydrogen-bond acceptors (Lipinski definition) is 5. The molecule has 2 aromatic heterocycles. The van der Waals surface area contributed by atoms with Gasteiger partial charge < -0.3 is 0 Å². The molecule has 3 aromatic rings. The molecule has 1 aromatic carbocycles. The van der Waals surface area contributed by atoms with Crippen LogP contribution < -0.4 is 4.72 Å². The summed E-state index contributed by atoms with van der Waals surface area (Å²) in [6, 6.07) is 7.51. The number of sulfonamides is 1. The van der Waals surface area contributed by atoms with Crippen LogP contribution in [0.25, 0.3) is 5.13 Å². The lowest BCUT2D eigenvalue weighted by Crippen LogP contribution is -2.15. The van der Waals surface area contributed by atoms with Crippen LogP contribution in [0.5, 0.6) is 0 Å². The van der Waals surface area contributed by atoms with Gasteiger partial charge in [0.15, 0.2) is 0 Å². The highest BCUT2D eigenvalue weighted by atomic mass is 35.5. The summed E-state index contributed by atoms with van der Waals surface area (Å²) in [5.74, 6) is 0.323. The molecule has 6 nitrogen and oxygen atoms in total. The van der Waals surface area contributed by atoms with Crippen LogP contribution in [-0.2, 0) is 10.0 Å². The van der Waals surface area contributed by atoms with E-state index in [1.165, 1.54) is 46.5 Å². The topological polar surface area (TPSA) is 76.9 Å². The first-order chi connectivity index (χ1) is 10.5. The molecule has 0 atom stereocenters. The second kappa shape index (κ2) is 5.71. The highest BCUT2D eigenvalue weighted by Gasteiger charge is 2.17. The van der Waals surface area contributed by atoms with Crippen LogP contribution >= 0.6 is 22.9 Å². The molecule has 0 aliphatic carbocycles. The van der Waals surface area contributed by atoms with Crippen LogP contribution in [0.15, 0.2) is 46.8 Å². The van der Waals surface area contributed by atoms with Crippen LogP contribution in [0.2, 0.25) is 5.02 Å². The lowest BCUT2D eigenvalue weighted by Gasteiger charge is -2.09. The summed E-state index contributed by atoms with van der Waals surface area (Å²) < 4.78 is 28.7. The third kappa shape index (κ3) is 2.99. The van der Waals surface area contributed by atoms with Gasteiger partial charge in [-0.2, -0.15) is 9.78 Å². The van der Waals surface area contributed by atoms with Crippen LogP contribution in [0, 0.1) is 6.92 Å². The monoisotopic (exact) mass is 354 g/mol. The Balaban J connectivity index is 1.94. The van der Waals surface area contributed by atoms with Crippen molar-refractivity contribution in [1.29, 1.82) is 0 Å². The lowest BCUT2D eigenvalue weighted by atomic mass is 10.4. The molecular formula is C13H11ClN4O2S2. The normalized spacial score (nSPS) is 11.5. The fourth-order valence-corrected chi connectivity index (χ4v) is 3.72. The predicted octanol–water partition coefficient (Wildman–Crippen LogP) is 3.09. The molecule has 0 fully saturated rings. The maximum atomic E-state index is 12.4. The number of aromatic nitrogens is 3. The molecule has 0 unspecified atom stereocenters. The van der Waals surface area contributed by atoms with Crippen molar-refractivity contribution in [2.45, 2.75) is 11.8 Å². The number of rotatable bonds is 4. The molecular weight excluding hydrogens is 344 g/mol. The van der Waals surface area contributed by atoms with Crippen LogP contribution in [0.4, 0.5) is 5.82 Å². The van der Waals surface area contributed by atoms with Crippen LogP contribution in [-0.4, -0.2) is 23.2 Å². The predicted molar refractivity (Wildman–Crippen MR) is 86.2 cm³/mol. The molecule has 0 aliphatic heterocycles. The SMILES string of the molecule is Cc1csc(-n2nccc2NS(=O)(=O)c2ccc(Cl)cc2)n1. The van der Waals surface area contributed by atoms with E-state index in [0.29, 0.717) is 16.0 Å². The zero-order chi connectivity index (χ0) is 15.7. The maximum absolute atomic E-state index is 12.4. The molecule has 0 spiro atoms. The van der Waals surface area contributed by atoms with Crippen LogP contribution in [0.1, 0.15) is 5.69 Å². The summed E-state index contributed by atoms with van der Waals surface area (Å²) in [5, 5.41) is 7.05. The summed E-state index contributed by atoms with van der Waals surface area (Å²) in [5.41, 5.74) is 0.849. The standard InChI is InChI=1S/C13H11ClN4O2S2/c1-9-8-21-13(16-9)18-12(6-7-15-18)17-22(19,20)11-4-2-10(14)3-5-11/h2-8,17H,1H3. The van der Waals surface area contributed by atoms with Gasteiger partial charge in [0.2, 0.25) is 5.13 Å². The van der Waals surface area contributed by atoms with Gasteiger partial charge in [-0.1, -0.05) is 11.6 Å². The number of anilines is 1. The number of benzene rings is 1. The first kappa shape index (κ1) is 15.0. The average molecular weight is 355 g/mol. The molecule has 3 rings (SSSR count). The summed E-state index contributed by atoms with van der Waals surface area (Å²) in [7, 11) is -3.72. The quantitative estimate of drug-likeness (QED) is 0.781. The van der Waals surface area contributed by atoms with Crippen molar-refractivity contribution in [2.24, 2.45) is 0 Å². The average Bonchev–Trinajstić information content (AvgIpc) is 3.07. The van der Waals surface area contributed by atoms with E-state index in [-0.39, 0.29) is 4.90 Å². The molecule has 114 valence electrons. The van der Waals surface area contributed by atoms with E-state index < -0.39 is 10.0 Å². The fraction of sp³-hybridized carbons (Fsp3) is 0.0769. The van der Waals surface area contributed by atoms with Gasteiger partial charge in [0.1, 0.15) is 5.82 Å². The minimum Gasteiger partial charge on any atom is -0.263 e. The van der Waals surface area contributed by atoms with Crippen molar-refractivity contribution < 1.29 is 8.42 Å². The second-order valence-corrected chi connectivity index (χ2v) is 7.41. The molecule has 1 N–H and O–H groups in total. The first-order valence-electron chi connectivity index (χ1n) is 6.21. The summed E-state index contributed by atoms with van der Waals surface area (Å²) in [4.78, 5) is 4.42. The Morgan fingerprint density at radius 3 is 2.59 bits per heavy atom. The minimum atomic E-state index is -3.72. The van der Waals surface area contributed by atoms with Gasteiger partial charge in [-0.15, -0.1) is 11.3 Å². The molecule has 0 saturated heterocycles. The van der Waals surface area contributed by atoms with E-state index >= 15 is 0 Å². The highest BCUT2D eigenvalue weighted by Crippen LogP contribution is 2.22. The summed E-state index contributed by atoms with van der Waals surface area (Å²) in [6.07, 6.45) is 1.51. The van der Waals surface area contributed by atoms with E-state index in [9.17, 15) is 8.42 Å². The van der Waals surface area contributed by atoms with E-state index in [1.807, 2.05) is 12.3 Å². The zero-order valence-electron chi connectivity index (χ0n) is 11.4. The Hall–Kier alpha value is -1.90. The summed E-state index contributed by atoms with van der Waals surface area (Å²) in [6.45, 7) is 1.86. The fourth-order valence-electron chi connectivity index (χ4n) is 1.78. The minimum absolute atomic E-state index is 0.125. The van der Waals surface area contributed by atoms with Crippen molar-refractivity contribution in [3.63, 3.8) is 0 Å². The Labute approximate surface area is 136 Å². The van der Waals surface area contributed by atoms with Crippen molar-refractivity contribution >= 4 is 38.8 Å². The van der Waals surface area contributed by atoms with Gasteiger partial charge in [0.25, 0.3) is 10.0 Å². The Bertz CT molecular complexity index is 900. The first-order valence-corrected chi connectivity index (χ1v) is 8.95. The molecule has 9 heteroatoms. The molecule has 0 amide bonds. The largest absolute Gasteiger partial charge is 0.263 e. The molecule has 2 heterocycles. The molecule has 0 radical (unpaired) electrons. The Morgan fingerprint density at radius 1 is 1.23 bits per heavy atom. The van der Waals surface area contributed by atoms with Gasteiger partial charge in [-0.25, -0.2) is 13.4 Å². The number of aryl methyl sites for hydroxylation is 1. The smallest absolute Gasteiger partial charge is 0.263 e. The molecule has 0 saturated carbocycles. The molecule has 22 heavy (non-hydrogen) atoms. The van der Waals surface area contributed by atoms with Gasteiger partial charge in [-0.05, 0) is 31.2 Å². The molecule has 0 bridgehead atoms.